The first-order chi connectivity index (χ1) is 8.80. The zero-order valence-electron chi connectivity index (χ0n) is 11.8. The van der Waals surface area contributed by atoms with E-state index in [1.54, 1.807) is 0 Å². The lowest BCUT2D eigenvalue weighted by Crippen LogP contribution is -2.50. The van der Waals surface area contributed by atoms with E-state index in [2.05, 4.69) is 17.1 Å². The molecule has 0 aliphatic carbocycles. The van der Waals surface area contributed by atoms with Crippen LogP contribution in [0.2, 0.25) is 0 Å². The Morgan fingerprint density at radius 2 is 1.83 bits per heavy atom. The van der Waals surface area contributed by atoms with Crippen molar-refractivity contribution in [2.45, 2.75) is 57.7 Å². The highest BCUT2D eigenvalue weighted by Gasteiger charge is 2.38. The molecule has 1 N–H and O–H groups in total. The fourth-order valence-corrected chi connectivity index (χ4v) is 4.28. The molecule has 0 aromatic carbocycles. The van der Waals surface area contributed by atoms with Gasteiger partial charge in [0.1, 0.15) is 0 Å². The molecule has 2 bridgehead atoms. The second-order valence-corrected chi connectivity index (χ2v) is 6.65. The van der Waals surface area contributed by atoms with Gasteiger partial charge in [-0.3, -0.25) is 4.90 Å². The van der Waals surface area contributed by atoms with Crippen LogP contribution in [0, 0.1) is 5.41 Å². The first kappa shape index (κ1) is 12.9. The highest BCUT2D eigenvalue weighted by atomic mass is 16.5. The van der Waals surface area contributed by atoms with Gasteiger partial charge in [-0.15, -0.1) is 0 Å². The molecule has 104 valence electrons. The second kappa shape index (κ2) is 5.48. The van der Waals surface area contributed by atoms with Gasteiger partial charge in [-0.1, -0.05) is 13.3 Å². The number of nitrogens with one attached hydrogen (secondary N) is 1. The molecule has 2 unspecified atom stereocenters. The van der Waals surface area contributed by atoms with E-state index in [9.17, 15) is 0 Å². The van der Waals surface area contributed by atoms with E-state index in [1.165, 1.54) is 71.2 Å². The molecular weight excluding hydrogens is 224 g/mol. The number of rotatable bonds is 4. The molecule has 18 heavy (non-hydrogen) atoms. The summed E-state index contributed by atoms with van der Waals surface area (Å²) in [5.41, 5.74) is 0.594. The van der Waals surface area contributed by atoms with Gasteiger partial charge < -0.3 is 10.1 Å². The summed E-state index contributed by atoms with van der Waals surface area (Å²) in [5, 5.41) is 3.52. The van der Waals surface area contributed by atoms with Gasteiger partial charge in [0, 0.05) is 19.6 Å². The molecule has 0 saturated carbocycles. The van der Waals surface area contributed by atoms with Gasteiger partial charge in [0.15, 0.2) is 0 Å². The van der Waals surface area contributed by atoms with Crippen molar-refractivity contribution >= 4 is 0 Å². The molecule has 0 radical (unpaired) electrons. The van der Waals surface area contributed by atoms with Gasteiger partial charge in [-0.2, -0.15) is 0 Å². The second-order valence-electron chi connectivity index (χ2n) is 6.65. The number of nitrogens with zero attached hydrogens (tertiary/aromatic N) is 1. The van der Waals surface area contributed by atoms with Gasteiger partial charge in [-0.25, -0.2) is 0 Å². The van der Waals surface area contributed by atoms with Crippen LogP contribution in [0.3, 0.4) is 0 Å². The van der Waals surface area contributed by atoms with Crippen LogP contribution in [0.15, 0.2) is 0 Å². The number of piperidine rings is 1. The highest BCUT2D eigenvalue weighted by Crippen LogP contribution is 2.37. The van der Waals surface area contributed by atoms with Gasteiger partial charge >= 0.3 is 0 Å². The van der Waals surface area contributed by atoms with Crippen molar-refractivity contribution in [3.8, 4) is 0 Å². The predicted octanol–water partition coefficient (Wildman–Crippen LogP) is 2.02. The van der Waals surface area contributed by atoms with Crippen molar-refractivity contribution < 1.29 is 4.74 Å². The lowest BCUT2D eigenvalue weighted by Gasteiger charge is -2.43. The molecule has 3 heteroatoms. The van der Waals surface area contributed by atoms with Crippen LogP contribution >= 0.6 is 0 Å². The molecule has 3 nitrogen and oxygen atoms in total. The Morgan fingerprint density at radius 3 is 2.44 bits per heavy atom. The number of fused-ring (bicyclic) bond motifs is 2. The van der Waals surface area contributed by atoms with Crippen molar-refractivity contribution in [1.29, 1.82) is 0 Å². The molecule has 3 saturated heterocycles. The van der Waals surface area contributed by atoms with Crippen molar-refractivity contribution in [3.05, 3.63) is 0 Å². The Kier molecular flexibility index (Phi) is 3.92. The Hall–Kier alpha value is -0.120. The molecule has 2 atom stereocenters. The monoisotopic (exact) mass is 252 g/mol. The lowest BCUT2D eigenvalue weighted by atomic mass is 9.75. The molecule has 0 aromatic heterocycles. The smallest absolute Gasteiger partial charge is 0.0707 e. The van der Waals surface area contributed by atoms with Crippen LogP contribution in [0.4, 0.5) is 0 Å². The highest BCUT2D eigenvalue weighted by molar-refractivity contribution is 4.91. The summed E-state index contributed by atoms with van der Waals surface area (Å²) >= 11 is 0. The predicted molar refractivity (Wildman–Crippen MR) is 73.8 cm³/mol. The molecule has 3 heterocycles. The molecule has 0 amide bonds. The van der Waals surface area contributed by atoms with E-state index in [4.69, 9.17) is 4.74 Å². The van der Waals surface area contributed by atoms with Crippen LogP contribution < -0.4 is 5.32 Å². The summed E-state index contributed by atoms with van der Waals surface area (Å²) in [4.78, 5) is 2.72. The molecule has 0 spiro atoms. The van der Waals surface area contributed by atoms with Gasteiger partial charge in [-0.05, 0) is 50.6 Å². The van der Waals surface area contributed by atoms with Crippen molar-refractivity contribution in [2.24, 2.45) is 5.41 Å². The molecule has 3 fully saturated rings. The normalized spacial score (nSPS) is 35.8. The van der Waals surface area contributed by atoms with E-state index in [1.807, 2.05) is 0 Å². The number of ether oxygens (including phenoxy) is 1. The van der Waals surface area contributed by atoms with Crippen LogP contribution in [0.5, 0.6) is 0 Å². The minimum Gasteiger partial charge on any atom is -0.372 e. The number of hydrogen-bond donors (Lipinski definition) is 1. The zero-order valence-corrected chi connectivity index (χ0v) is 11.8. The third-order valence-corrected chi connectivity index (χ3v) is 5.12. The molecule has 3 rings (SSSR count). The van der Waals surface area contributed by atoms with Crippen LogP contribution in [0.25, 0.3) is 0 Å². The summed E-state index contributed by atoms with van der Waals surface area (Å²) in [7, 11) is 0. The zero-order chi connectivity index (χ0) is 12.4. The number of hydrogen-bond acceptors (Lipinski definition) is 3. The van der Waals surface area contributed by atoms with Gasteiger partial charge in [0.25, 0.3) is 0 Å². The van der Waals surface area contributed by atoms with Gasteiger partial charge in [0.2, 0.25) is 0 Å². The fourth-order valence-electron chi connectivity index (χ4n) is 4.28. The van der Waals surface area contributed by atoms with Crippen molar-refractivity contribution in [2.75, 3.05) is 32.7 Å². The first-order valence-electron chi connectivity index (χ1n) is 7.88. The van der Waals surface area contributed by atoms with Crippen LogP contribution in [-0.2, 0) is 4.74 Å². The summed E-state index contributed by atoms with van der Waals surface area (Å²) in [6.07, 6.45) is 9.15. The summed E-state index contributed by atoms with van der Waals surface area (Å²) in [6.45, 7) is 8.48. The quantitative estimate of drug-likeness (QED) is 0.828. The SMILES string of the molecule is CCCC1(CN2CC3CCC(C2)O3)CCNCC1. The number of likely N-dealkylation sites (tertiary alicyclic amines) is 1. The maximum atomic E-state index is 5.96. The van der Waals surface area contributed by atoms with E-state index in [-0.39, 0.29) is 0 Å². The Morgan fingerprint density at radius 1 is 1.17 bits per heavy atom. The molecule has 3 aliphatic heterocycles. The number of morpholine rings is 1. The molecule has 3 aliphatic rings. The standard InChI is InChI=1S/C15H28N2O/c1-2-5-15(6-8-16-9-7-15)12-17-10-13-3-4-14(11-17)18-13/h13-14,16H,2-12H2,1H3. The minimum atomic E-state index is 0.546. The maximum Gasteiger partial charge on any atom is 0.0707 e. The third-order valence-electron chi connectivity index (χ3n) is 5.12. The average Bonchev–Trinajstić information content (AvgIpc) is 2.70. The minimum absolute atomic E-state index is 0.546. The van der Waals surface area contributed by atoms with Crippen molar-refractivity contribution in [1.82, 2.24) is 10.2 Å². The third kappa shape index (κ3) is 2.73. The van der Waals surface area contributed by atoms with Gasteiger partial charge in [0.05, 0.1) is 12.2 Å². The van der Waals surface area contributed by atoms with Crippen molar-refractivity contribution in [3.63, 3.8) is 0 Å². The fraction of sp³-hybridized carbons (Fsp3) is 1.00. The van der Waals surface area contributed by atoms with E-state index in [0.29, 0.717) is 17.6 Å². The molecule has 0 aromatic rings. The van der Waals surface area contributed by atoms with E-state index >= 15 is 0 Å². The largest absolute Gasteiger partial charge is 0.372 e. The van der Waals surface area contributed by atoms with E-state index in [0.717, 1.165) is 0 Å². The summed E-state index contributed by atoms with van der Waals surface area (Å²) in [5.74, 6) is 0. The Labute approximate surface area is 111 Å². The van der Waals surface area contributed by atoms with Crippen LogP contribution in [0.1, 0.15) is 45.4 Å². The average molecular weight is 252 g/mol. The van der Waals surface area contributed by atoms with E-state index < -0.39 is 0 Å². The Balaban J connectivity index is 1.61. The Bertz CT molecular complexity index is 258. The van der Waals surface area contributed by atoms with Crippen LogP contribution in [-0.4, -0.2) is 49.8 Å². The summed E-state index contributed by atoms with van der Waals surface area (Å²) in [6, 6.07) is 0. The summed E-state index contributed by atoms with van der Waals surface area (Å²) < 4.78 is 5.96. The first-order valence-corrected chi connectivity index (χ1v) is 7.88. The molecular formula is C15H28N2O. The topological polar surface area (TPSA) is 24.5 Å². The lowest BCUT2D eigenvalue weighted by molar-refractivity contribution is -0.0546. The maximum absolute atomic E-state index is 5.96.